The molecule has 0 spiro atoms. The maximum absolute atomic E-state index is 5.72. The first kappa shape index (κ1) is 14.2. The molecule has 1 saturated heterocycles. The summed E-state index contributed by atoms with van der Waals surface area (Å²) in [6.45, 7) is 7.21. The van der Waals surface area contributed by atoms with Gasteiger partial charge in [0.1, 0.15) is 0 Å². The van der Waals surface area contributed by atoms with Crippen LogP contribution in [0.15, 0.2) is 28.7 Å². The normalized spacial score (nSPS) is 15.7. The van der Waals surface area contributed by atoms with Crippen molar-refractivity contribution >= 4 is 0 Å². The van der Waals surface area contributed by atoms with Crippen LogP contribution in [-0.2, 0) is 6.54 Å². The van der Waals surface area contributed by atoms with Crippen LogP contribution in [0.1, 0.15) is 24.3 Å². The van der Waals surface area contributed by atoms with E-state index in [-0.39, 0.29) is 0 Å². The first-order valence-corrected chi connectivity index (χ1v) is 7.64. The Morgan fingerprint density at radius 1 is 1.19 bits per heavy atom. The summed E-state index contributed by atoms with van der Waals surface area (Å²) < 4.78 is 5.72. The number of hydrogen-bond acceptors (Lipinski definition) is 5. The minimum atomic E-state index is 0.601. The molecule has 112 valence electrons. The lowest BCUT2D eigenvalue weighted by Gasteiger charge is -2.13. The Morgan fingerprint density at radius 2 is 2.00 bits per heavy atom. The van der Waals surface area contributed by atoms with Gasteiger partial charge in [-0.1, -0.05) is 18.2 Å². The molecular formula is C16H22N4O. The van der Waals surface area contributed by atoms with Gasteiger partial charge in [0.05, 0.1) is 6.54 Å². The van der Waals surface area contributed by atoms with E-state index < -0.39 is 0 Å². The Labute approximate surface area is 125 Å². The van der Waals surface area contributed by atoms with E-state index in [1.54, 1.807) is 0 Å². The van der Waals surface area contributed by atoms with Crippen LogP contribution in [0.5, 0.6) is 0 Å². The summed E-state index contributed by atoms with van der Waals surface area (Å²) in [5.41, 5.74) is 2.16. The van der Waals surface area contributed by atoms with E-state index in [1.807, 2.05) is 31.2 Å². The zero-order chi connectivity index (χ0) is 14.5. The third-order valence-corrected chi connectivity index (χ3v) is 3.92. The molecule has 3 rings (SSSR count). The summed E-state index contributed by atoms with van der Waals surface area (Å²) in [5, 5.41) is 11.6. The molecule has 0 bridgehead atoms. The third kappa shape index (κ3) is 3.68. The predicted molar refractivity (Wildman–Crippen MR) is 81.9 cm³/mol. The quantitative estimate of drug-likeness (QED) is 0.825. The van der Waals surface area contributed by atoms with Gasteiger partial charge in [0.15, 0.2) is 0 Å². The average Bonchev–Trinajstić information content (AvgIpc) is 3.16. The van der Waals surface area contributed by atoms with Crippen LogP contribution in [0, 0.1) is 6.92 Å². The van der Waals surface area contributed by atoms with Crippen LogP contribution in [-0.4, -0.2) is 41.3 Å². The zero-order valence-electron chi connectivity index (χ0n) is 12.5. The van der Waals surface area contributed by atoms with E-state index in [0.717, 1.165) is 24.2 Å². The van der Waals surface area contributed by atoms with E-state index >= 15 is 0 Å². The Morgan fingerprint density at radius 3 is 2.81 bits per heavy atom. The number of hydrogen-bond donors (Lipinski definition) is 1. The molecule has 1 N–H and O–H groups in total. The Balaban J connectivity index is 1.50. The van der Waals surface area contributed by atoms with Crippen LogP contribution in [0.4, 0.5) is 0 Å². The molecular weight excluding hydrogens is 264 g/mol. The van der Waals surface area contributed by atoms with E-state index in [4.69, 9.17) is 4.42 Å². The summed E-state index contributed by atoms with van der Waals surface area (Å²) >= 11 is 0. The van der Waals surface area contributed by atoms with Crippen molar-refractivity contribution in [3.05, 3.63) is 35.7 Å². The molecule has 5 nitrogen and oxygen atoms in total. The summed E-state index contributed by atoms with van der Waals surface area (Å²) in [6, 6.07) is 8.05. The number of benzene rings is 1. The molecule has 1 aliphatic rings. The topological polar surface area (TPSA) is 54.2 Å². The SMILES string of the molecule is Cc1ccccc1-c1nnc(CNCCN2CCCC2)o1. The first-order chi connectivity index (χ1) is 10.3. The molecule has 1 aliphatic heterocycles. The molecule has 0 atom stereocenters. The molecule has 0 unspecified atom stereocenters. The molecule has 1 fully saturated rings. The van der Waals surface area contributed by atoms with Gasteiger partial charge in [-0.05, 0) is 44.5 Å². The second-order valence-corrected chi connectivity index (χ2v) is 5.54. The minimum absolute atomic E-state index is 0.601. The lowest BCUT2D eigenvalue weighted by atomic mass is 10.1. The van der Waals surface area contributed by atoms with Crippen molar-refractivity contribution in [3.8, 4) is 11.5 Å². The molecule has 5 heteroatoms. The molecule has 0 amide bonds. The van der Waals surface area contributed by atoms with Crippen molar-refractivity contribution < 1.29 is 4.42 Å². The highest BCUT2D eigenvalue weighted by Gasteiger charge is 2.12. The highest BCUT2D eigenvalue weighted by Crippen LogP contribution is 2.21. The summed E-state index contributed by atoms with van der Waals surface area (Å²) in [5.74, 6) is 1.25. The van der Waals surface area contributed by atoms with Gasteiger partial charge in [-0.25, -0.2) is 0 Å². The molecule has 0 aliphatic carbocycles. The minimum Gasteiger partial charge on any atom is -0.419 e. The lowest BCUT2D eigenvalue weighted by molar-refractivity contribution is 0.332. The number of aromatic nitrogens is 2. The van der Waals surface area contributed by atoms with Crippen molar-refractivity contribution in [2.75, 3.05) is 26.2 Å². The van der Waals surface area contributed by atoms with E-state index in [0.29, 0.717) is 18.3 Å². The molecule has 1 aromatic heterocycles. The monoisotopic (exact) mass is 286 g/mol. The maximum atomic E-state index is 5.72. The predicted octanol–water partition coefficient (Wildman–Crippen LogP) is 2.23. The Kier molecular flexibility index (Phi) is 4.62. The Hall–Kier alpha value is -1.72. The summed E-state index contributed by atoms with van der Waals surface area (Å²) in [7, 11) is 0. The summed E-state index contributed by atoms with van der Waals surface area (Å²) in [6.07, 6.45) is 2.67. The van der Waals surface area contributed by atoms with Gasteiger partial charge in [0, 0.05) is 18.7 Å². The molecule has 21 heavy (non-hydrogen) atoms. The molecule has 0 radical (unpaired) electrons. The van der Waals surface area contributed by atoms with Crippen LogP contribution >= 0.6 is 0 Å². The van der Waals surface area contributed by atoms with Crippen LogP contribution in [0.2, 0.25) is 0 Å². The molecule has 2 aromatic rings. The lowest BCUT2D eigenvalue weighted by Crippen LogP contribution is -2.29. The van der Waals surface area contributed by atoms with Crippen molar-refractivity contribution in [2.45, 2.75) is 26.3 Å². The van der Waals surface area contributed by atoms with Crippen molar-refractivity contribution in [1.82, 2.24) is 20.4 Å². The highest BCUT2D eigenvalue weighted by molar-refractivity contribution is 5.57. The van der Waals surface area contributed by atoms with Crippen molar-refractivity contribution in [2.24, 2.45) is 0 Å². The first-order valence-electron chi connectivity index (χ1n) is 7.64. The summed E-state index contributed by atoms with van der Waals surface area (Å²) in [4.78, 5) is 2.49. The second-order valence-electron chi connectivity index (χ2n) is 5.54. The molecule has 0 saturated carbocycles. The largest absolute Gasteiger partial charge is 0.419 e. The fourth-order valence-corrected chi connectivity index (χ4v) is 2.69. The molecule has 1 aromatic carbocycles. The van der Waals surface area contributed by atoms with Gasteiger partial charge in [-0.15, -0.1) is 10.2 Å². The highest BCUT2D eigenvalue weighted by atomic mass is 16.4. The van der Waals surface area contributed by atoms with Crippen LogP contribution in [0.25, 0.3) is 11.5 Å². The third-order valence-electron chi connectivity index (χ3n) is 3.92. The van der Waals surface area contributed by atoms with E-state index in [1.165, 1.54) is 25.9 Å². The standard InChI is InChI=1S/C16H22N4O/c1-13-6-2-3-7-14(13)16-19-18-15(21-16)12-17-8-11-20-9-4-5-10-20/h2-3,6-7,17H,4-5,8-12H2,1H3. The van der Waals surface area contributed by atoms with Gasteiger partial charge < -0.3 is 14.6 Å². The number of nitrogens with zero attached hydrogens (tertiary/aromatic N) is 3. The van der Waals surface area contributed by atoms with Gasteiger partial charge in [0.25, 0.3) is 0 Å². The van der Waals surface area contributed by atoms with Crippen LogP contribution < -0.4 is 5.32 Å². The number of aryl methyl sites for hydroxylation is 1. The number of likely N-dealkylation sites (tertiary alicyclic amines) is 1. The fourth-order valence-electron chi connectivity index (χ4n) is 2.69. The number of nitrogens with one attached hydrogen (secondary N) is 1. The van der Waals surface area contributed by atoms with Crippen molar-refractivity contribution in [3.63, 3.8) is 0 Å². The van der Waals surface area contributed by atoms with E-state index in [2.05, 4.69) is 20.4 Å². The van der Waals surface area contributed by atoms with E-state index in [9.17, 15) is 0 Å². The molecule has 2 heterocycles. The van der Waals surface area contributed by atoms with Crippen LogP contribution in [0.3, 0.4) is 0 Å². The van der Waals surface area contributed by atoms with Gasteiger partial charge in [-0.2, -0.15) is 0 Å². The number of rotatable bonds is 6. The van der Waals surface area contributed by atoms with Gasteiger partial charge in [-0.3, -0.25) is 0 Å². The fraction of sp³-hybridized carbons (Fsp3) is 0.500. The second kappa shape index (κ2) is 6.83. The zero-order valence-corrected chi connectivity index (χ0v) is 12.5. The van der Waals surface area contributed by atoms with Gasteiger partial charge >= 0.3 is 0 Å². The smallest absolute Gasteiger partial charge is 0.248 e. The van der Waals surface area contributed by atoms with Crippen molar-refractivity contribution in [1.29, 1.82) is 0 Å². The Bertz CT molecular complexity index is 575. The van der Waals surface area contributed by atoms with Gasteiger partial charge in [0.2, 0.25) is 11.8 Å². The average molecular weight is 286 g/mol. The maximum Gasteiger partial charge on any atom is 0.248 e.